The van der Waals surface area contributed by atoms with Crippen molar-refractivity contribution in [2.75, 3.05) is 26.2 Å². The Morgan fingerprint density at radius 3 is 2.70 bits per heavy atom. The van der Waals surface area contributed by atoms with Gasteiger partial charge < -0.3 is 10.1 Å². The molecule has 2 rings (SSSR count). The summed E-state index contributed by atoms with van der Waals surface area (Å²) in [7, 11) is -3.84. The average molecular weight is 305 g/mol. The van der Waals surface area contributed by atoms with Crippen LogP contribution in [0.5, 0.6) is 0 Å². The summed E-state index contributed by atoms with van der Waals surface area (Å²) in [6, 6.07) is 0. The lowest BCUT2D eigenvalue weighted by molar-refractivity contribution is 0.0986. The van der Waals surface area contributed by atoms with Crippen LogP contribution in [0.25, 0.3) is 0 Å². The zero-order chi connectivity index (χ0) is 14.6. The van der Waals surface area contributed by atoms with Gasteiger partial charge in [-0.25, -0.2) is 9.52 Å². The largest absolute Gasteiger partial charge is 0.449 e. The number of amides is 1. The zero-order valence-corrected chi connectivity index (χ0v) is 12.7. The van der Waals surface area contributed by atoms with Crippen LogP contribution in [-0.4, -0.2) is 50.6 Å². The van der Waals surface area contributed by atoms with Gasteiger partial charge in [-0.1, -0.05) is 19.3 Å². The predicted octanol–water partition coefficient (Wildman–Crippen LogP) is 0.585. The van der Waals surface area contributed by atoms with Gasteiger partial charge in [-0.05, 0) is 19.8 Å². The molecule has 8 heteroatoms. The summed E-state index contributed by atoms with van der Waals surface area (Å²) < 4.78 is 33.0. The van der Waals surface area contributed by atoms with Crippen molar-refractivity contribution >= 4 is 16.3 Å². The van der Waals surface area contributed by atoms with Crippen molar-refractivity contribution in [1.29, 1.82) is 0 Å². The van der Waals surface area contributed by atoms with Crippen molar-refractivity contribution in [2.24, 2.45) is 0 Å². The second-order valence-electron chi connectivity index (χ2n) is 5.36. The first kappa shape index (κ1) is 15.5. The Morgan fingerprint density at radius 1 is 1.35 bits per heavy atom. The molecule has 0 aromatic rings. The molecule has 7 nitrogen and oxygen atoms in total. The maximum atomic E-state index is 12.4. The summed E-state index contributed by atoms with van der Waals surface area (Å²) in [5.41, 5.74) is -0.394. The smallest absolute Gasteiger partial charge is 0.421 e. The van der Waals surface area contributed by atoms with Crippen LogP contribution in [0, 0.1) is 0 Å². The van der Waals surface area contributed by atoms with Crippen LogP contribution in [0.15, 0.2) is 0 Å². The maximum Gasteiger partial charge on any atom is 0.421 e. The van der Waals surface area contributed by atoms with Gasteiger partial charge in [0.2, 0.25) is 0 Å². The molecule has 20 heavy (non-hydrogen) atoms. The van der Waals surface area contributed by atoms with Gasteiger partial charge in [-0.3, -0.25) is 0 Å². The number of hydrogen-bond acceptors (Lipinski definition) is 5. The van der Waals surface area contributed by atoms with Gasteiger partial charge in [-0.2, -0.15) is 12.7 Å². The van der Waals surface area contributed by atoms with Crippen molar-refractivity contribution in [3.8, 4) is 0 Å². The highest BCUT2D eigenvalue weighted by molar-refractivity contribution is 7.87. The standard InChI is InChI=1S/C12H23N3O4S/c1-2-19-11(16)14-20(17,18)15-9-8-13-10-12(15)6-4-3-5-7-12/h13H,2-10H2,1H3,(H,14,16). The summed E-state index contributed by atoms with van der Waals surface area (Å²) in [5.74, 6) is 0. The van der Waals surface area contributed by atoms with E-state index >= 15 is 0 Å². The van der Waals surface area contributed by atoms with Gasteiger partial charge >= 0.3 is 16.3 Å². The first-order valence-electron chi connectivity index (χ1n) is 7.18. The highest BCUT2D eigenvalue weighted by Crippen LogP contribution is 2.35. The third-order valence-corrected chi connectivity index (χ3v) is 5.61. The average Bonchev–Trinajstić information content (AvgIpc) is 2.39. The highest BCUT2D eigenvalue weighted by atomic mass is 32.2. The minimum atomic E-state index is -3.84. The van der Waals surface area contributed by atoms with E-state index in [0.29, 0.717) is 19.6 Å². The summed E-state index contributed by atoms with van der Waals surface area (Å²) in [6.45, 7) is 3.42. The number of nitrogens with one attached hydrogen (secondary N) is 2. The molecular formula is C12H23N3O4S. The molecule has 2 fully saturated rings. The van der Waals surface area contributed by atoms with E-state index in [2.05, 4.69) is 10.1 Å². The molecule has 116 valence electrons. The quantitative estimate of drug-likeness (QED) is 0.796. The Balaban J connectivity index is 2.16. The minimum Gasteiger partial charge on any atom is -0.449 e. The Morgan fingerprint density at radius 2 is 2.05 bits per heavy atom. The van der Waals surface area contributed by atoms with Gasteiger partial charge in [0, 0.05) is 19.6 Å². The number of ether oxygens (including phenoxy) is 1. The van der Waals surface area contributed by atoms with Crippen molar-refractivity contribution in [1.82, 2.24) is 14.3 Å². The fourth-order valence-electron chi connectivity index (χ4n) is 3.16. The van der Waals surface area contributed by atoms with Crippen LogP contribution >= 0.6 is 0 Å². The lowest BCUT2D eigenvalue weighted by Gasteiger charge is -2.48. The normalized spacial score (nSPS) is 23.4. The monoisotopic (exact) mass is 305 g/mol. The van der Waals surface area contributed by atoms with Crippen molar-refractivity contribution in [3.05, 3.63) is 0 Å². The van der Waals surface area contributed by atoms with E-state index < -0.39 is 21.8 Å². The first-order valence-corrected chi connectivity index (χ1v) is 8.62. The molecule has 1 spiro atoms. The topological polar surface area (TPSA) is 87.7 Å². The van der Waals surface area contributed by atoms with Crippen LogP contribution in [0.1, 0.15) is 39.0 Å². The molecule has 1 aliphatic heterocycles. The molecule has 2 N–H and O–H groups in total. The van der Waals surface area contributed by atoms with Crippen LogP contribution < -0.4 is 10.0 Å². The highest BCUT2D eigenvalue weighted by Gasteiger charge is 2.46. The lowest BCUT2D eigenvalue weighted by atomic mass is 9.80. The SMILES string of the molecule is CCOC(=O)NS(=O)(=O)N1CCNCC12CCCCC2. The fourth-order valence-corrected chi connectivity index (χ4v) is 4.63. The summed E-state index contributed by atoms with van der Waals surface area (Å²) in [5, 5.41) is 3.28. The molecule has 2 aliphatic rings. The maximum absolute atomic E-state index is 12.4. The Hall–Kier alpha value is -0.860. The van der Waals surface area contributed by atoms with Crippen LogP contribution in [0.4, 0.5) is 4.79 Å². The molecule has 0 atom stereocenters. The van der Waals surface area contributed by atoms with Crippen molar-refractivity contribution < 1.29 is 17.9 Å². The fraction of sp³-hybridized carbons (Fsp3) is 0.917. The number of carbonyl (C=O) groups is 1. The minimum absolute atomic E-state index is 0.147. The molecule has 0 aromatic heterocycles. The van der Waals surface area contributed by atoms with Crippen LogP contribution in [0.2, 0.25) is 0 Å². The van der Waals surface area contributed by atoms with E-state index in [1.807, 2.05) is 4.72 Å². The molecule has 0 radical (unpaired) electrons. The molecule has 1 aliphatic carbocycles. The van der Waals surface area contributed by atoms with E-state index in [4.69, 9.17) is 0 Å². The molecule has 1 heterocycles. The summed E-state index contributed by atoms with van der Waals surface area (Å²) in [4.78, 5) is 11.4. The Labute approximate surface area is 120 Å². The number of nitrogens with zero attached hydrogens (tertiary/aromatic N) is 1. The van der Waals surface area contributed by atoms with E-state index in [-0.39, 0.29) is 6.61 Å². The van der Waals surface area contributed by atoms with Gasteiger partial charge in [0.1, 0.15) is 0 Å². The number of rotatable bonds is 3. The van der Waals surface area contributed by atoms with Gasteiger partial charge in [0.15, 0.2) is 0 Å². The molecule has 1 saturated carbocycles. The first-order chi connectivity index (χ1) is 9.50. The second kappa shape index (κ2) is 6.28. The van der Waals surface area contributed by atoms with Crippen LogP contribution in [-0.2, 0) is 14.9 Å². The van der Waals surface area contributed by atoms with E-state index in [1.165, 1.54) is 4.31 Å². The molecule has 0 aromatic carbocycles. The molecule has 0 unspecified atom stereocenters. The molecule has 1 amide bonds. The van der Waals surface area contributed by atoms with Gasteiger partial charge in [0.05, 0.1) is 12.1 Å². The second-order valence-corrected chi connectivity index (χ2v) is 6.96. The van der Waals surface area contributed by atoms with Crippen molar-refractivity contribution in [2.45, 2.75) is 44.6 Å². The zero-order valence-electron chi connectivity index (χ0n) is 11.9. The van der Waals surface area contributed by atoms with Crippen LogP contribution in [0.3, 0.4) is 0 Å². The molecule has 0 bridgehead atoms. The number of piperazine rings is 1. The van der Waals surface area contributed by atoms with Gasteiger partial charge in [0.25, 0.3) is 0 Å². The lowest BCUT2D eigenvalue weighted by Crippen LogP contribution is -2.65. The van der Waals surface area contributed by atoms with Gasteiger partial charge in [-0.15, -0.1) is 0 Å². The van der Waals surface area contributed by atoms with E-state index in [1.54, 1.807) is 6.92 Å². The van der Waals surface area contributed by atoms with E-state index in [0.717, 1.165) is 32.1 Å². The third-order valence-electron chi connectivity index (χ3n) is 4.04. The molecule has 1 saturated heterocycles. The summed E-state index contributed by atoms with van der Waals surface area (Å²) in [6.07, 6.45) is 3.95. The predicted molar refractivity (Wildman–Crippen MR) is 74.5 cm³/mol. The van der Waals surface area contributed by atoms with Crippen molar-refractivity contribution in [3.63, 3.8) is 0 Å². The summed E-state index contributed by atoms with van der Waals surface area (Å²) >= 11 is 0. The Bertz CT molecular complexity index is 437. The molecular weight excluding hydrogens is 282 g/mol. The Kier molecular flexibility index (Phi) is 4.87. The third kappa shape index (κ3) is 3.24. The number of carbonyl (C=O) groups excluding carboxylic acids is 1. The number of hydrogen-bond donors (Lipinski definition) is 2. The van der Waals surface area contributed by atoms with E-state index in [9.17, 15) is 13.2 Å².